The predicted octanol–water partition coefficient (Wildman–Crippen LogP) is 1.11. The molecule has 10 nitrogen and oxygen atoms in total. The van der Waals surface area contributed by atoms with Gasteiger partial charge in [0.25, 0.3) is 17.2 Å². The lowest BCUT2D eigenvalue weighted by Gasteiger charge is -2.05. The fourth-order valence-corrected chi connectivity index (χ4v) is 1.73. The van der Waals surface area contributed by atoms with Crippen LogP contribution >= 0.6 is 0 Å². The third-order valence-corrected chi connectivity index (χ3v) is 2.87. The van der Waals surface area contributed by atoms with Gasteiger partial charge < -0.3 is 4.74 Å². The third kappa shape index (κ3) is 3.80. The van der Waals surface area contributed by atoms with Gasteiger partial charge in [-0.2, -0.15) is 0 Å². The van der Waals surface area contributed by atoms with Gasteiger partial charge in [0, 0.05) is 17.7 Å². The Morgan fingerprint density at radius 2 is 2.00 bits per heavy atom. The second-order valence-electron chi connectivity index (χ2n) is 4.45. The van der Waals surface area contributed by atoms with Gasteiger partial charge in [0.15, 0.2) is 0 Å². The van der Waals surface area contributed by atoms with E-state index in [0.717, 1.165) is 6.20 Å². The number of nitrogens with one attached hydrogen (secondary N) is 2. The topological polar surface area (TPSA) is 144 Å². The maximum Gasteiger partial charge on any atom is 0.345 e. The molecule has 1 aromatic heterocycles. The monoisotopic (exact) mass is 332 g/mol. The summed E-state index contributed by atoms with van der Waals surface area (Å²) in [5.74, 6) is -1.62. The van der Waals surface area contributed by atoms with Crippen molar-refractivity contribution in [2.24, 2.45) is 0 Å². The second kappa shape index (κ2) is 7.13. The third-order valence-electron chi connectivity index (χ3n) is 2.87. The van der Waals surface area contributed by atoms with Crippen molar-refractivity contribution < 1.29 is 19.2 Å². The number of carbonyl (C=O) groups is 2. The molecule has 0 radical (unpaired) electrons. The Morgan fingerprint density at radius 3 is 2.54 bits per heavy atom. The predicted molar refractivity (Wildman–Crippen MR) is 81.9 cm³/mol. The lowest BCUT2D eigenvalue weighted by Crippen LogP contribution is -2.23. The summed E-state index contributed by atoms with van der Waals surface area (Å²) in [6.07, 6.45) is 0.988. The molecule has 0 unspecified atom stereocenters. The smallest absolute Gasteiger partial charge is 0.345 e. The standard InChI is InChI=1S/C14H12N4O6/c1-2-24-13(21)10-7-15-14(17-12(10)20)16-11(19)8-3-5-9(6-4-8)18(22)23/h3-7H,2H2,1H3,(H2,15,16,17,19,20). The van der Waals surface area contributed by atoms with Crippen LogP contribution in [0.2, 0.25) is 0 Å². The molecule has 24 heavy (non-hydrogen) atoms. The molecule has 124 valence electrons. The van der Waals surface area contributed by atoms with E-state index in [0.29, 0.717) is 0 Å². The molecule has 0 saturated heterocycles. The van der Waals surface area contributed by atoms with Crippen LogP contribution in [0.25, 0.3) is 0 Å². The molecule has 0 bridgehead atoms. The quantitative estimate of drug-likeness (QED) is 0.474. The zero-order valence-corrected chi connectivity index (χ0v) is 12.4. The van der Waals surface area contributed by atoms with Gasteiger partial charge in [0.05, 0.1) is 17.7 Å². The van der Waals surface area contributed by atoms with Crippen molar-refractivity contribution in [2.45, 2.75) is 6.92 Å². The minimum absolute atomic E-state index is 0.108. The van der Waals surface area contributed by atoms with E-state index in [9.17, 15) is 24.5 Å². The molecule has 1 heterocycles. The Bertz CT molecular complexity index is 843. The fraction of sp³-hybridized carbons (Fsp3) is 0.143. The molecule has 1 aromatic carbocycles. The molecule has 2 rings (SSSR count). The summed E-state index contributed by atoms with van der Waals surface area (Å²) in [5, 5.41) is 12.9. The van der Waals surface area contributed by atoms with E-state index in [1.165, 1.54) is 24.3 Å². The molecule has 0 aliphatic rings. The Hall–Kier alpha value is -3.56. The van der Waals surface area contributed by atoms with Crippen molar-refractivity contribution >= 4 is 23.5 Å². The van der Waals surface area contributed by atoms with Crippen LogP contribution in [0.1, 0.15) is 27.6 Å². The van der Waals surface area contributed by atoms with Crippen molar-refractivity contribution in [2.75, 3.05) is 11.9 Å². The molecule has 0 saturated carbocycles. The molecule has 2 aromatic rings. The number of aromatic amines is 1. The number of ether oxygens (including phenoxy) is 1. The van der Waals surface area contributed by atoms with E-state index in [-0.39, 0.29) is 29.4 Å². The molecular weight excluding hydrogens is 320 g/mol. The van der Waals surface area contributed by atoms with Gasteiger partial charge >= 0.3 is 5.97 Å². The first-order valence-corrected chi connectivity index (χ1v) is 6.74. The summed E-state index contributed by atoms with van der Waals surface area (Å²) in [7, 11) is 0. The Morgan fingerprint density at radius 1 is 1.33 bits per heavy atom. The number of carbonyl (C=O) groups excluding carboxylic acids is 2. The largest absolute Gasteiger partial charge is 0.462 e. The number of hydrogen-bond acceptors (Lipinski definition) is 7. The number of rotatable bonds is 5. The number of aromatic nitrogens is 2. The molecule has 0 fully saturated rings. The first-order valence-electron chi connectivity index (χ1n) is 6.74. The van der Waals surface area contributed by atoms with E-state index >= 15 is 0 Å². The van der Waals surface area contributed by atoms with Crippen molar-refractivity contribution in [3.8, 4) is 0 Å². The summed E-state index contributed by atoms with van der Waals surface area (Å²) >= 11 is 0. The number of non-ortho nitro benzene ring substituents is 1. The highest BCUT2D eigenvalue weighted by Crippen LogP contribution is 2.12. The van der Waals surface area contributed by atoms with Crippen molar-refractivity contribution in [3.05, 3.63) is 62.1 Å². The SMILES string of the molecule is CCOC(=O)c1cnc(NC(=O)c2ccc([N+](=O)[O-])cc2)[nH]c1=O. The van der Waals surface area contributed by atoms with Crippen molar-refractivity contribution in [1.82, 2.24) is 9.97 Å². The van der Waals surface area contributed by atoms with Gasteiger partial charge in [-0.05, 0) is 19.1 Å². The number of nitrogens with zero attached hydrogens (tertiary/aromatic N) is 2. The summed E-state index contributed by atoms with van der Waals surface area (Å²) < 4.78 is 4.69. The molecular formula is C14H12N4O6. The number of nitro groups is 1. The van der Waals surface area contributed by atoms with Gasteiger partial charge in [-0.15, -0.1) is 0 Å². The molecule has 0 aliphatic heterocycles. The first-order chi connectivity index (χ1) is 11.4. The number of benzene rings is 1. The summed E-state index contributed by atoms with van der Waals surface area (Å²) in [6.45, 7) is 1.70. The highest BCUT2D eigenvalue weighted by atomic mass is 16.6. The highest BCUT2D eigenvalue weighted by molar-refractivity contribution is 6.03. The minimum Gasteiger partial charge on any atom is -0.462 e. The van der Waals surface area contributed by atoms with Gasteiger partial charge in [0.1, 0.15) is 5.56 Å². The van der Waals surface area contributed by atoms with Crippen LogP contribution in [0.5, 0.6) is 0 Å². The van der Waals surface area contributed by atoms with Gasteiger partial charge in [0.2, 0.25) is 5.95 Å². The summed E-state index contributed by atoms with van der Waals surface area (Å²) in [6, 6.07) is 4.88. The van der Waals surface area contributed by atoms with Crippen LogP contribution < -0.4 is 10.9 Å². The number of esters is 1. The lowest BCUT2D eigenvalue weighted by molar-refractivity contribution is -0.384. The maximum absolute atomic E-state index is 12.0. The first kappa shape index (κ1) is 16.8. The normalized spacial score (nSPS) is 10.0. The van der Waals surface area contributed by atoms with Crippen LogP contribution in [0, 0.1) is 10.1 Å². The van der Waals surface area contributed by atoms with E-state index in [2.05, 4.69) is 20.0 Å². The highest BCUT2D eigenvalue weighted by Gasteiger charge is 2.15. The Kier molecular flexibility index (Phi) is 5.00. The van der Waals surface area contributed by atoms with Crippen molar-refractivity contribution in [1.29, 1.82) is 0 Å². The number of hydrogen-bond donors (Lipinski definition) is 2. The maximum atomic E-state index is 12.0. The zero-order valence-electron chi connectivity index (χ0n) is 12.4. The molecule has 10 heteroatoms. The van der Waals surface area contributed by atoms with Gasteiger partial charge in [-0.25, -0.2) is 9.78 Å². The fourth-order valence-electron chi connectivity index (χ4n) is 1.73. The van der Waals surface area contributed by atoms with Crippen LogP contribution in [0.3, 0.4) is 0 Å². The summed E-state index contributed by atoms with van der Waals surface area (Å²) in [4.78, 5) is 51.2. The summed E-state index contributed by atoms with van der Waals surface area (Å²) in [5.41, 5.74) is -1.07. The lowest BCUT2D eigenvalue weighted by atomic mass is 10.2. The molecule has 1 amide bonds. The van der Waals surface area contributed by atoms with Crippen LogP contribution in [-0.4, -0.2) is 33.4 Å². The number of nitro benzene ring substituents is 1. The second-order valence-corrected chi connectivity index (χ2v) is 4.45. The molecule has 0 spiro atoms. The molecule has 0 aliphatic carbocycles. The van der Waals surface area contributed by atoms with Gasteiger partial charge in [-0.1, -0.05) is 0 Å². The van der Waals surface area contributed by atoms with Crippen LogP contribution in [0.4, 0.5) is 11.6 Å². The zero-order chi connectivity index (χ0) is 17.7. The number of anilines is 1. The van der Waals surface area contributed by atoms with E-state index in [4.69, 9.17) is 0 Å². The van der Waals surface area contributed by atoms with E-state index in [1.54, 1.807) is 6.92 Å². The van der Waals surface area contributed by atoms with Crippen LogP contribution in [-0.2, 0) is 4.74 Å². The Labute approximate surface area is 134 Å². The van der Waals surface area contributed by atoms with Crippen molar-refractivity contribution in [3.63, 3.8) is 0 Å². The molecule has 2 N–H and O–H groups in total. The van der Waals surface area contributed by atoms with Crippen LogP contribution in [0.15, 0.2) is 35.3 Å². The van der Waals surface area contributed by atoms with E-state index < -0.39 is 22.4 Å². The average molecular weight is 332 g/mol. The Balaban J connectivity index is 2.14. The van der Waals surface area contributed by atoms with Gasteiger partial charge in [-0.3, -0.25) is 30.0 Å². The number of H-pyrrole nitrogens is 1. The minimum atomic E-state index is -0.820. The van der Waals surface area contributed by atoms with E-state index in [1.807, 2.05) is 0 Å². The average Bonchev–Trinajstić information content (AvgIpc) is 2.55. The number of amides is 1. The molecule has 0 atom stereocenters.